The molecule has 3 heteroatoms. The van der Waals surface area contributed by atoms with E-state index in [1.807, 2.05) is 0 Å². The molecule has 6 aromatic rings. The molecular weight excluding hydrogens is 630 g/mol. The van der Waals surface area contributed by atoms with Crippen LogP contribution in [0.4, 0.5) is 0 Å². The number of hydrogen-bond acceptors (Lipinski definition) is 0. The zero-order valence-electron chi connectivity index (χ0n) is 27.1. The smallest absolute Gasteiger partial charge is 0 e. The Hall–Kier alpha value is -3.30. The molecule has 0 nitrogen and oxygen atoms in total. The summed E-state index contributed by atoms with van der Waals surface area (Å²) >= 11 is 0. The second-order valence-electron chi connectivity index (χ2n) is 11.7. The molecule has 0 unspecified atom stereocenters. The summed E-state index contributed by atoms with van der Waals surface area (Å²) in [7, 11) is -0.966. The van der Waals surface area contributed by atoms with Crippen LogP contribution in [0.1, 0.15) is 33.4 Å². The van der Waals surface area contributed by atoms with Gasteiger partial charge < -0.3 is 0 Å². The molecule has 0 aliphatic heterocycles. The molecule has 0 heterocycles. The van der Waals surface area contributed by atoms with Crippen LogP contribution in [-0.2, 0) is 17.1 Å². The summed E-state index contributed by atoms with van der Waals surface area (Å²) < 4.78 is 0. The van der Waals surface area contributed by atoms with Gasteiger partial charge in [-0.2, -0.15) is 0 Å². The van der Waals surface area contributed by atoms with Crippen molar-refractivity contribution in [3.8, 4) is 0 Å². The molecule has 6 aromatic carbocycles. The monoisotopic (exact) mass is 671 g/mol. The van der Waals surface area contributed by atoms with E-state index in [0.29, 0.717) is 0 Å². The van der Waals surface area contributed by atoms with Crippen LogP contribution in [0.2, 0.25) is 0 Å². The zero-order chi connectivity index (χ0) is 31.1. The minimum absolute atomic E-state index is 0. The number of rotatable bonds is 6. The van der Waals surface area contributed by atoms with Crippen LogP contribution in [0.15, 0.2) is 146 Å². The molecular formula is C42H42CuP2. The molecule has 6 rings (SSSR count). The van der Waals surface area contributed by atoms with Gasteiger partial charge in [-0.3, -0.25) is 0 Å². The van der Waals surface area contributed by atoms with Gasteiger partial charge in [0.1, 0.15) is 0 Å². The molecule has 231 valence electrons. The first-order chi connectivity index (χ1) is 21.3. The summed E-state index contributed by atoms with van der Waals surface area (Å²) in [5.41, 5.74) is 7.87. The second kappa shape index (κ2) is 16.3. The Morgan fingerprint density at radius 1 is 0.222 bits per heavy atom. The summed E-state index contributed by atoms with van der Waals surface area (Å²) in [4.78, 5) is 0. The van der Waals surface area contributed by atoms with Crippen LogP contribution in [0, 0.1) is 41.5 Å². The fraction of sp³-hybridized carbons (Fsp3) is 0.143. The Morgan fingerprint density at radius 3 is 0.444 bits per heavy atom. The topological polar surface area (TPSA) is 0 Å². The molecule has 0 bridgehead atoms. The molecule has 0 fully saturated rings. The maximum atomic E-state index is 2.28. The molecule has 0 aromatic heterocycles. The van der Waals surface area contributed by atoms with Gasteiger partial charge in [-0.1, -0.05) is 179 Å². The fourth-order valence-corrected chi connectivity index (χ4v) is 9.53. The summed E-state index contributed by atoms with van der Waals surface area (Å²) in [5.74, 6) is 0. The van der Waals surface area contributed by atoms with Crippen molar-refractivity contribution >= 4 is 47.7 Å². The van der Waals surface area contributed by atoms with E-state index in [2.05, 4.69) is 187 Å². The van der Waals surface area contributed by atoms with Gasteiger partial charge in [0.25, 0.3) is 0 Å². The van der Waals surface area contributed by atoms with Crippen LogP contribution in [0.25, 0.3) is 0 Å². The van der Waals surface area contributed by atoms with E-state index in [9.17, 15) is 0 Å². The first-order valence-corrected chi connectivity index (χ1v) is 18.0. The quantitative estimate of drug-likeness (QED) is 0.123. The standard InChI is InChI=1S/2C21H21P.Cu/c2*1-16-4-10-19(11-5-16)22(20-12-6-17(2)7-13-20)21-14-8-18(3)9-15-21;/h2*4-15H,1-3H3;. The van der Waals surface area contributed by atoms with Gasteiger partial charge in [0.05, 0.1) is 0 Å². The van der Waals surface area contributed by atoms with Gasteiger partial charge in [-0.25, -0.2) is 0 Å². The van der Waals surface area contributed by atoms with Crippen molar-refractivity contribution in [2.75, 3.05) is 0 Å². The third-order valence-corrected chi connectivity index (χ3v) is 12.6. The fourth-order valence-electron chi connectivity index (χ4n) is 5.06. The molecule has 0 saturated heterocycles. The number of aryl methyl sites for hydroxylation is 6. The van der Waals surface area contributed by atoms with E-state index in [-0.39, 0.29) is 17.1 Å². The van der Waals surface area contributed by atoms with E-state index in [1.165, 1.54) is 65.2 Å². The second-order valence-corrected chi connectivity index (χ2v) is 16.1. The predicted molar refractivity (Wildman–Crippen MR) is 199 cm³/mol. The summed E-state index contributed by atoms with van der Waals surface area (Å²) in [6.07, 6.45) is 0. The van der Waals surface area contributed by atoms with Crippen molar-refractivity contribution in [1.29, 1.82) is 0 Å². The molecule has 0 N–H and O–H groups in total. The van der Waals surface area contributed by atoms with Crippen molar-refractivity contribution in [2.24, 2.45) is 0 Å². The Labute approximate surface area is 284 Å². The van der Waals surface area contributed by atoms with Gasteiger partial charge in [0.15, 0.2) is 0 Å². The van der Waals surface area contributed by atoms with E-state index >= 15 is 0 Å². The summed E-state index contributed by atoms with van der Waals surface area (Å²) in [5, 5.41) is 8.46. The first kappa shape index (κ1) is 34.6. The zero-order valence-corrected chi connectivity index (χ0v) is 29.8. The van der Waals surface area contributed by atoms with Crippen LogP contribution in [0.5, 0.6) is 0 Å². The minimum Gasteiger partial charge on any atom is -0.0587 e. The van der Waals surface area contributed by atoms with Crippen molar-refractivity contribution < 1.29 is 17.1 Å². The average molecular weight is 672 g/mol. The Morgan fingerprint density at radius 2 is 0.333 bits per heavy atom. The van der Waals surface area contributed by atoms with Gasteiger partial charge in [-0.15, -0.1) is 0 Å². The normalized spacial score (nSPS) is 10.7. The molecule has 0 spiro atoms. The molecule has 0 atom stereocenters. The Kier molecular flexibility index (Phi) is 12.5. The van der Waals surface area contributed by atoms with Crippen molar-refractivity contribution in [3.63, 3.8) is 0 Å². The number of hydrogen-bond donors (Lipinski definition) is 0. The van der Waals surface area contributed by atoms with E-state index in [0.717, 1.165) is 0 Å². The van der Waals surface area contributed by atoms with Crippen molar-refractivity contribution in [1.82, 2.24) is 0 Å². The Bertz CT molecular complexity index is 1400. The molecule has 45 heavy (non-hydrogen) atoms. The van der Waals surface area contributed by atoms with Gasteiger partial charge in [-0.05, 0) is 89.2 Å². The average Bonchev–Trinajstić information content (AvgIpc) is 3.03. The molecule has 0 saturated carbocycles. The summed E-state index contributed by atoms with van der Waals surface area (Å²) in [6.45, 7) is 12.9. The van der Waals surface area contributed by atoms with Crippen LogP contribution in [0.3, 0.4) is 0 Å². The largest absolute Gasteiger partial charge is 0.0587 e. The summed E-state index contributed by atoms with van der Waals surface area (Å²) in [6, 6.07) is 53.9. The van der Waals surface area contributed by atoms with Gasteiger partial charge in [0.2, 0.25) is 0 Å². The van der Waals surface area contributed by atoms with Crippen molar-refractivity contribution in [3.05, 3.63) is 179 Å². The number of benzene rings is 6. The van der Waals surface area contributed by atoms with E-state index in [1.54, 1.807) is 0 Å². The third-order valence-electron chi connectivity index (χ3n) is 7.75. The Balaban J connectivity index is 0.000000200. The van der Waals surface area contributed by atoms with Crippen LogP contribution < -0.4 is 31.8 Å². The van der Waals surface area contributed by atoms with Gasteiger partial charge in [0, 0.05) is 17.1 Å². The SMILES string of the molecule is Cc1ccc(P(c2ccc(C)cc2)c2ccc(C)cc2)cc1.Cc1ccc(P(c2ccc(C)cc2)c2ccc(C)cc2)cc1.[Cu]. The predicted octanol–water partition coefficient (Wildman–Crippen LogP) is 8.74. The van der Waals surface area contributed by atoms with Crippen LogP contribution in [-0.4, -0.2) is 0 Å². The minimum atomic E-state index is -0.483. The molecule has 0 aliphatic rings. The van der Waals surface area contributed by atoms with Crippen molar-refractivity contribution in [2.45, 2.75) is 41.5 Å². The first-order valence-electron chi connectivity index (χ1n) is 15.3. The maximum Gasteiger partial charge on any atom is 0 e. The molecule has 0 aliphatic carbocycles. The third kappa shape index (κ3) is 9.36. The molecule has 1 radical (unpaired) electrons. The van der Waals surface area contributed by atoms with E-state index in [4.69, 9.17) is 0 Å². The maximum absolute atomic E-state index is 2.28. The van der Waals surface area contributed by atoms with Gasteiger partial charge >= 0.3 is 0 Å². The molecule has 0 amide bonds. The van der Waals surface area contributed by atoms with Crippen LogP contribution >= 0.6 is 15.8 Å². The van der Waals surface area contributed by atoms with E-state index < -0.39 is 15.8 Å².